The minimum absolute atomic E-state index is 0.185. The van der Waals surface area contributed by atoms with E-state index in [0.717, 1.165) is 23.4 Å². The molecule has 0 bridgehead atoms. The van der Waals surface area contributed by atoms with E-state index in [9.17, 15) is 14.7 Å². The lowest BCUT2D eigenvalue weighted by Gasteiger charge is -2.32. The average molecular weight is 354 g/mol. The molecule has 0 aliphatic carbocycles. The quantitative estimate of drug-likeness (QED) is 0.692. The van der Waals surface area contributed by atoms with Crippen molar-refractivity contribution in [2.75, 3.05) is 25.0 Å². The number of carbonyl (C=O) groups is 2. The van der Waals surface area contributed by atoms with Gasteiger partial charge in [0.25, 0.3) is 0 Å². The molecule has 0 radical (unpaired) electrons. The van der Waals surface area contributed by atoms with E-state index in [1.54, 1.807) is 11.1 Å². The maximum atomic E-state index is 12.4. The molecule has 2 amide bonds. The highest BCUT2D eigenvalue weighted by molar-refractivity contribution is 5.80. The molecular formula is C19H22N4O3. The number of carboxylic acids is 1. The highest BCUT2D eigenvalue weighted by Gasteiger charge is 2.32. The summed E-state index contributed by atoms with van der Waals surface area (Å²) in [5, 5.41) is 15.5. The molecule has 2 heterocycles. The Bertz CT molecular complexity index is 766. The zero-order valence-corrected chi connectivity index (χ0v) is 14.4. The van der Waals surface area contributed by atoms with Gasteiger partial charge >= 0.3 is 12.0 Å². The summed E-state index contributed by atoms with van der Waals surface area (Å²) < 4.78 is 0. The second-order valence-corrected chi connectivity index (χ2v) is 6.20. The fourth-order valence-corrected chi connectivity index (χ4v) is 3.05. The van der Waals surface area contributed by atoms with E-state index >= 15 is 0 Å². The number of pyridine rings is 1. The first-order valence-electron chi connectivity index (χ1n) is 8.63. The molecule has 0 spiro atoms. The molecule has 26 heavy (non-hydrogen) atoms. The summed E-state index contributed by atoms with van der Waals surface area (Å²) in [7, 11) is 0. The Labute approximate surface area is 152 Å². The third-order valence-corrected chi connectivity index (χ3v) is 4.38. The number of aromatic nitrogens is 1. The molecule has 0 saturated carbocycles. The minimum Gasteiger partial charge on any atom is -0.481 e. The smallest absolute Gasteiger partial charge is 0.317 e. The van der Waals surface area contributed by atoms with Gasteiger partial charge in [-0.1, -0.05) is 30.3 Å². The number of hydrogen-bond acceptors (Lipinski definition) is 4. The first kappa shape index (κ1) is 17.7. The van der Waals surface area contributed by atoms with Crippen LogP contribution in [0.5, 0.6) is 0 Å². The van der Waals surface area contributed by atoms with Crippen LogP contribution in [0.4, 0.5) is 10.6 Å². The molecule has 7 nitrogen and oxygen atoms in total. The molecule has 0 saturated heterocycles. The largest absolute Gasteiger partial charge is 0.481 e. The first-order chi connectivity index (χ1) is 12.6. The van der Waals surface area contributed by atoms with Gasteiger partial charge < -0.3 is 20.6 Å². The highest BCUT2D eigenvalue weighted by atomic mass is 16.4. The second kappa shape index (κ2) is 8.33. The van der Waals surface area contributed by atoms with Gasteiger partial charge in [0.15, 0.2) is 0 Å². The Hall–Kier alpha value is -3.09. The third kappa shape index (κ3) is 4.30. The van der Waals surface area contributed by atoms with Crippen molar-refractivity contribution in [2.24, 2.45) is 0 Å². The molecule has 1 aromatic heterocycles. The molecule has 3 N–H and O–H groups in total. The monoisotopic (exact) mass is 354 g/mol. The fourth-order valence-electron chi connectivity index (χ4n) is 3.05. The van der Waals surface area contributed by atoms with E-state index in [1.165, 1.54) is 0 Å². The normalized spacial score (nSPS) is 15.8. The third-order valence-electron chi connectivity index (χ3n) is 4.38. The van der Waals surface area contributed by atoms with Crippen molar-refractivity contribution >= 4 is 17.8 Å². The van der Waals surface area contributed by atoms with Crippen molar-refractivity contribution in [3.05, 3.63) is 59.8 Å². The number of nitrogens with one attached hydrogen (secondary N) is 2. The summed E-state index contributed by atoms with van der Waals surface area (Å²) >= 11 is 0. The minimum atomic E-state index is -0.908. The van der Waals surface area contributed by atoms with Gasteiger partial charge in [-0.3, -0.25) is 4.79 Å². The van der Waals surface area contributed by atoms with Crippen molar-refractivity contribution < 1.29 is 14.7 Å². The standard InChI is InChI=1S/C19H22N4O3/c24-18(25)16-13-23(12-14-6-1-2-7-15(14)16)19(26)22-11-5-10-21-17-8-3-4-9-20-17/h1-4,6-9,16H,5,10-13H2,(H,20,21)(H,22,26)(H,24,25). The summed E-state index contributed by atoms with van der Waals surface area (Å²) in [6, 6.07) is 12.8. The number of aliphatic carboxylic acids is 1. The van der Waals surface area contributed by atoms with Crippen LogP contribution in [-0.2, 0) is 11.3 Å². The van der Waals surface area contributed by atoms with Crippen molar-refractivity contribution in [1.82, 2.24) is 15.2 Å². The van der Waals surface area contributed by atoms with Crippen molar-refractivity contribution in [2.45, 2.75) is 18.9 Å². The summed E-state index contributed by atoms with van der Waals surface area (Å²) in [5.74, 6) is -0.790. The van der Waals surface area contributed by atoms with Gasteiger partial charge in [-0.05, 0) is 29.7 Å². The molecule has 7 heteroatoms. The van der Waals surface area contributed by atoms with Crippen LogP contribution >= 0.6 is 0 Å². The van der Waals surface area contributed by atoms with E-state index in [0.29, 0.717) is 19.6 Å². The number of urea groups is 1. The zero-order chi connectivity index (χ0) is 18.4. The van der Waals surface area contributed by atoms with Crippen LogP contribution in [0.3, 0.4) is 0 Å². The Morgan fingerprint density at radius 1 is 1.15 bits per heavy atom. The van der Waals surface area contributed by atoms with Gasteiger partial charge in [0.2, 0.25) is 0 Å². The maximum Gasteiger partial charge on any atom is 0.317 e. The van der Waals surface area contributed by atoms with Crippen LogP contribution in [-0.4, -0.2) is 46.6 Å². The van der Waals surface area contributed by atoms with Crippen molar-refractivity contribution in [1.29, 1.82) is 0 Å². The van der Waals surface area contributed by atoms with Crippen LogP contribution in [0.15, 0.2) is 48.7 Å². The van der Waals surface area contributed by atoms with Crippen LogP contribution in [0, 0.1) is 0 Å². The molecule has 3 rings (SSSR count). The van der Waals surface area contributed by atoms with Gasteiger partial charge in [0.05, 0.1) is 5.92 Å². The summed E-state index contributed by atoms with van der Waals surface area (Å²) in [6.45, 7) is 1.81. The Morgan fingerprint density at radius 3 is 2.73 bits per heavy atom. The Balaban J connectivity index is 1.48. The number of carboxylic acid groups (broad SMARTS) is 1. The van der Waals surface area contributed by atoms with Crippen molar-refractivity contribution in [3.8, 4) is 0 Å². The Morgan fingerprint density at radius 2 is 1.96 bits per heavy atom. The molecular weight excluding hydrogens is 332 g/mol. The lowest BCUT2D eigenvalue weighted by Crippen LogP contribution is -2.45. The lowest BCUT2D eigenvalue weighted by atomic mass is 9.90. The summed E-state index contributed by atoms with van der Waals surface area (Å²) in [5.41, 5.74) is 1.68. The summed E-state index contributed by atoms with van der Waals surface area (Å²) in [4.78, 5) is 29.7. The predicted molar refractivity (Wildman–Crippen MR) is 98.0 cm³/mol. The first-order valence-corrected chi connectivity index (χ1v) is 8.63. The van der Waals surface area contributed by atoms with Gasteiger partial charge in [-0.2, -0.15) is 0 Å². The van der Waals surface area contributed by atoms with Gasteiger partial charge in [0, 0.05) is 32.4 Å². The van der Waals surface area contributed by atoms with Gasteiger partial charge in [-0.15, -0.1) is 0 Å². The molecule has 1 atom stereocenters. The maximum absolute atomic E-state index is 12.4. The van der Waals surface area contributed by atoms with Crippen LogP contribution < -0.4 is 10.6 Å². The molecule has 0 fully saturated rings. The van der Waals surface area contributed by atoms with Gasteiger partial charge in [0.1, 0.15) is 5.82 Å². The van der Waals surface area contributed by atoms with Crippen LogP contribution in [0.1, 0.15) is 23.5 Å². The second-order valence-electron chi connectivity index (χ2n) is 6.20. The van der Waals surface area contributed by atoms with E-state index in [4.69, 9.17) is 0 Å². The topological polar surface area (TPSA) is 94.6 Å². The van der Waals surface area contributed by atoms with Crippen molar-refractivity contribution in [3.63, 3.8) is 0 Å². The average Bonchev–Trinajstić information content (AvgIpc) is 2.67. The van der Waals surface area contributed by atoms with Crippen LogP contribution in [0.2, 0.25) is 0 Å². The molecule has 1 aromatic carbocycles. The number of nitrogens with zero attached hydrogens (tertiary/aromatic N) is 2. The SMILES string of the molecule is O=C(O)C1CN(C(=O)NCCCNc2ccccn2)Cc2ccccc21. The van der Waals surface area contributed by atoms with E-state index < -0.39 is 11.9 Å². The molecule has 1 unspecified atom stereocenters. The number of hydrogen-bond donors (Lipinski definition) is 3. The number of anilines is 1. The highest BCUT2D eigenvalue weighted by Crippen LogP contribution is 2.28. The number of fused-ring (bicyclic) bond motifs is 1. The van der Waals surface area contributed by atoms with E-state index in [1.807, 2.05) is 42.5 Å². The molecule has 1 aliphatic rings. The van der Waals surface area contributed by atoms with E-state index in [-0.39, 0.29) is 12.6 Å². The van der Waals surface area contributed by atoms with E-state index in [2.05, 4.69) is 15.6 Å². The lowest BCUT2D eigenvalue weighted by molar-refractivity contribution is -0.139. The molecule has 2 aromatic rings. The van der Waals surface area contributed by atoms with Crippen LogP contribution in [0.25, 0.3) is 0 Å². The molecule has 1 aliphatic heterocycles. The van der Waals surface area contributed by atoms with Gasteiger partial charge in [-0.25, -0.2) is 9.78 Å². The summed E-state index contributed by atoms with van der Waals surface area (Å²) in [6.07, 6.45) is 2.46. The number of carbonyl (C=O) groups excluding carboxylic acids is 1. The fraction of sp³-hybridized carbons (Fsp3) is 0.316. The number of amides is 2. The number of benzene rings is 1. The Kier molecular flexibility index (Phi) is 5.68. The zero-order valence-electron chi connectivity index (χ0n) is 14.4. The predicted octanol–water partition coefficient (Wildman–Crippen LogP) is 2.28. The molecule has 136 valence electrons. The number of rotatable bonds is 6.